The molecule has 31 heavy (non-hydrogen) atoms. The summed E-state index contributed by atoms with van der Waals surface area (Å²) in [6.07, 6.45) is 2.72. The van der Waals surface area contributed by atoms with Crippen LogP contribution in [0.1, 0.15) is 34.4 Å². The number of aromatic amines is 1. The number of halogens is 3. The van der Waals surface area contributed by atoms with Crippen molar-refractivity contribution in [1.82, 2.24) is 29.9 Å². The second kappa shape index (κ2) is 8.73. The summed E-state index contributed by atoms with van der Waals surface area (Å²) in [5, 5.41) is 14.4. The first kappa shape index (κ1) is 21.6. The van der Waals surface area contributed by atoms with E-state index in [9.17, 15) is 18.0 Å². The zero-order valence-corrected chi connectivity index (χ0v) is 16.5. The van der Waals surface area contributed by atoms with E-state index in [-0.39, 0.29) is 17.3 Å². The molecule has 2 N–H and O–H groups in total. The molecule has 1 amide bonds. The standard InChI is InChI=1S/C19H17F3N8O/c1-4-5-6-14(23-3)16-26-18(29-28-16)27-17(31)13-10-25-30(11(13)2)15-8-7-12(9-24-15)19(20,21)22/h4-10H,3H2,1-2H3,(H2,26,27,28,29,31)/b5-4-,14-6-. The third-order valence-electron chi connectivity index (χ3n) is 4.12. The highest BCUT2D eigenvalue weighted by Gasteiger charge is 2.30. The maximum Gasteiger partial charge on any atom is 0.417 e. The number of carbonyl (C=O) groups is 1. The van der Waals surface area contributed by atoms with Crippen molar-refractivity contribution in [2.24, 2.45) is 4.99 Å². The van der Waals surface area contributed by atoms with Gasteiger partial charge in [0, 0.05) is 6.20 Å². The van der Waals surface area contributed by atoms with Gasteiger partial charge in [-0.15, -0.1) is 10.2 Å². The summed E-state index contributed by atoms with van der Waals surface area (Å²) in [4.78, 5) is 23.0. The highest BCUT2D eigenvalue weighted by molar-refractivity contribution is 6.04. The number of anilines is 1. The molecule has 0 bridgehead atoms. The molecule has 0 saturated heterocycles. The molecule has 0 aromatic carbocycles. The molecule has 160 valence electrons. The van der Waals surface area contributed by atoms with Gasteiger partial charge in [-0.2, -0.15) is 18.3 Å². The van der Waals surface area contributed by atoms with Crippen LogP contribution in [-0.4, -0.2) is 42.6 Å². The van der Waals surface area contributed by atoms with Gasteiger partial charge in [-0.05, 0) is 38.8 Å². The third kappa shape index (κ3) is 4.74. The van der Waals surface area contributed by atoms with Crippen molar-refractivity contribution in [3.8, 4) is 5.82 Å². The second-order valence-electron chi connectivity index (χ2n) is 6.17. The predicted molar refractivity (Wildman–Crippen MR) is 108 cm³/mol. The number of hydrogen-bond acceptors (Lipinski definition) is 6. The van der Waals surface area contributed by atoms with Gasteiger partial charge < -0.3 is 4.98 Å². The first-order chi connectivity index (χ1) is 14.7. The Balaban J connectivity index is 1.79. The van der Waals surface area contributed by atoms with Gasteiger partial charge in [0.05, 0.1) is 23.0 Å². The van der Waals surface area contributed by atoms with Crippen LogP contribution in [0.25, 0.3) is 11.5 Å². The fourth-order valence-electron chi connectivity index (χ4n) is 2.54. The number of pyridine rings is 1. The molecule has 0 saturated carbocycles. The van der Waals surface area contributed by atoms with E-state index in [0.717, 1.165) is 6.07 Å². The number of nitrogens with one attached hydrogen (secondary N) is 2. The summed E-state index contributed by atoms with van der Waals surface area (Å²) in [5.74, 6) is -0.00849. The van der Waals surface area contributed by atoms with Crippen molar-refractivity contribution < 1.29 is 18.0 Å². The summed E-state index contributed by atoms with van der Waals surface area (Å²) in [5.41, 5.74) is 0.123. The van der Waals surface area contributed by atoms with E-state index < -0.39 is 17.6 Å². The highest BCUT2D eigenvalue weighted by atomic mass is 19.4. The minimum absolute atomic E-state index is 0.0785. The molecule has 3 aromatic heterocycles. The van der Waals surface area contributed by atoms with Gasteiger partial charge in [-0.3, -0.25) is 15.1 Å². The fraction of sp³-hybridized carbons (Fsp3) is 0.158. The minimum Gasteiger partial charge on any atom is -0.306 e. The molecule has 3 heterocycles. The van der Waals surface area contributed by atoms with Gasteiger partial charge in [0.2, 0.25) is 5.95 Å². The average Bonchev–Trinajstić information content (AvgIpc) is 3.35. The number of carbonyl (C=O) groups excluding carboxylic acids is 1. The Morgan fingerprint density at radius 3 is 2.68 bits per heavy atom. The van der Waals surface area contributed by atoms with Gasteiger partial charge >= 0.3 is 6.18 Å². The van der Waals surface area contributed by atoms with Crippen LogP contribution in [0.5, 0.6) is 0 Å². The maximum atomic E-state index is 12.7. The van der Waals surface area contributed by atoms with E-state index in [1.165, 1.54) is 16.9 Å². The molecule has 0 unspecified atom stereocenters. The van der Waals surface area contributed by atoms with Crippen molar-refractivity contribution in [3.05, 3.63) is 65.4 Å². The number of allylic oxidation sites excluding steroid dienone is 3. The van der Waals surface area contributed by atoms with Crippen LogP contribution in [0.4, 0.5) is 19.1 Å². The normalized spacial score (nSPS) is 12.4. The Morgan fingerprint density at radius 2 is 2.06 bits per heavy atom. The van der Waals surface area contributed by atoms with Crippen LogP contribution >= 0.6 is 0 Å². The van der Waals surface area contributed by atoms with Gasteiger partial charge in [0.15, 0.2) is 11.6 Å². The molecule has 3 aromatic rings. The number of aromatic nitrogens is 6. The lowest BCUT2D eigenvalue weighted by atomic mass is 10.2. The number of amides is 1. The topological polar surface area (TPSA) is 114 Å². The molecule has 0 radical (unpaired) electrons. The maximum absolute atomic E-state index is 12.7. The van der Waals surface area contributed by atoms with Crippen molar-refractivity contribution in [1.29, 1.82) is 0 Å². The Kier molecular flexibility index (Phi) is 6.09. The lowest BCUT2D eigenvalue weighted by molar-refractivity contribution is -0.137. The lowest BCUT2D eigenvalue weighted by Crippen LogP contribution is -2.14. The van der Waals surface area contributed by atoms with Crippen LogP contribution in [0, 0.1) is 6.92 Å². The zero-order valence-electron chi connectivity index (χ0n) is 16.5. The van der Waals surface area contributed by atoms with Crippen LogP contribution in [0.15, 0.2) is 47.7 Å². The van der Waals surface area contributed by atoms with E-state index >= 15 is 0 Å². The van der Waals surface area contributed by atoms with Gasteiger partial charge in [-0.25, -0.2) is 9.67 Å². The smallest absolute Gasteiger partial charge is 0.306 e. The molecule has 0 aliphatic heterocycles. The predicted octanol–water partition coefficient (Wildman–Crippen LogP) is 3.58. The first-order valence-corrected chi connectivity index (χ1v) is 8.87. The van der Waals surface area contributed by atoms with Crippen LogP contribution in [-0.2, 0) is 6.18 Å². The zero-order chi connectivity index (χ0) is 22.6. The van der Waals surface area contributed by atoms with Crippen molar-refractivity contribution in [3.63, 3.8) is 0 Å². The SMILES string of the molecule is C=N/C(=C\C=C/C)c1nnc(NC(=O)c2cnn(-c3ccc(C(F)(F)F)cn3)c2C)[nH]1. The van der Waals surface area contributed by atoms with Crippen molar-refractivity contribution >= 4 is 24.3 Å². The van der Waals surface area contributed by atoms with Crippen molar-refractivity contribution in [2.45, 2.75) is 20.0 Å². The Morgan fingerprint density at radius 1 is 1.29 bits per heavy atom. The van der Waals surface area contributed by atoms with E-state index in [0.29, 0.717) is 23.4 Å². The summed E-state index contributed by atoms with van der Waals surface area (Å²) < 4.78 is 39.4. The molecular formula is C19H17F3N8O. The first-order valence-electron chi connectivity index (χ1n) is 8.87. The fourth-order valence-corrected chi connectivity index (χ4v) is 2.54. The number of rotatable bonds is 6. The van der Waals surface area contributed by atoms with Crippen LogP contribution in [0.2, 0.25) is 0 Å². The van der Waals surface area contributed by atoms with E-state index in [1.54, 1.807) is 25.2 Å². The second-order valence-corrected chi connectivity index (χ2v) is 6.17. The van der Waals surface area contributed by atoms with Gasteiger partial charge in [0.1, 0.15) is 5.70 Å². The van der Waals surface area contributed by atoms with Crippen LogP contribution < -0.4 is 5.32 Å². The molecule has 3 rings (SSSR count). The number of hydrogen-bond donors (Lipinski definition) is 2. The monoisotopic (exact) mass is 430 g/mol. The van der Waals surface area contributed by atoms with Gasteiger partial charge in [-0.1, -0.05) is 12.2 Å². The number of aliphatic imine (C=N–C) groups is 1. The molecule has 0 aliphatic carbocycles. The summed E-state index contributed by atoms with van der Waals surface area (Å²) >= 11 is 0. The van der Waals surface area contributed by atoms with E-state index in [1.807, 2.05) is 6.92 Å². The molecule has 0 fully saturated rings. The van der Waals surface area contributed by atoms with Gasteiger partial charge in [0.25, 0.3) is 5.91 Å². The average molecular weight is 430 g/mol. The minimum atomic E-state index is -4.49. The molecule has 0 aliphatic rings. The van der Waals surface area contributed by atoms with Crippen molar-refractivity contribution in [2.75, 3.05) is 5.32 Å². The van der Waals surface area contributed by atoms with E-state index in [2.05, 4.69) is 42.3 Å². The third-order valence-corrected chi connectivity index (χ3v) is 4.12. The number of alkyl halides is 3. The molecular weight excluding hydrogens is 413 g/mol. The Bertz CT molecular complexity index is 1160. The molecule has 0 atom stereocenters. The largest absolute Gasteiger partial charge is 0.417 e. The lowest BCUT2D eigenvalue weighted by Gasteiger charge is -2.08. The summed E-state index contributed by atoms with van der Waals surface area (Å²) in [7, 11) is 0. The van der Waals surface area contributed by atoms with E-state index in [4.69, 9.17) is 0 Å². The summed E-state index contributed by atoms with van der Waals surface area (Å²) in [6.45, 7) is 6.89. The highest BCUT2D eigenvalue weighted by Crippen LogP contribution is 2.28. The quantitative estimate of drug-likeness (QED) is 0.458. The molecule has 0 spiro atoms. The number of nitrogens with zero attached hydrogens (tertiary/aromatic N) is 6. The number of H-pyrrole nitrogens is 1. The molecule has 9 nitrogen and oxygen atoms in total. The summed E-state index contributed by atoms with van der Waals surface area (Å²) in [6, 6.07) is 2.07. The molecule has 12 heteroatoms. The Hall–Kier alpha value is -4.09. The Labute approximate surface area is 174 Å². The van der Waals surface area contributed by atoms with Crippen LogP contribution in [0.3, 0.4) is 0 Å².